The first-order valence-electron chi connectivity index (χ1n) is 7.85. The van der Waals surface area contributed by atoms with Crippen LogP contribution >= 0.6 is 0 Å². The Morgan fingerprint density at radius 1 is 0.885 bits per heavy atom. The number of rotatable bonds is 7. The number of hydrogen-bond acceptors (Lipinski definition) is 3. The molecular formula is C20H18N2O4. The number of hydrogen-bond donors (Lipinski definition) is 3. The largest absolute Gasteiger partial charge is 0.480 e. The number of carboxylic acid groups (broad SMARTS) is 1. The Bertz CT molecular complexity index is 827. The van der Waals surface area contributed by atoms with E-state index in [1.807, 2.05) is 36.4 Å². The van der Waals surface area contributed by atoms with Crippen molar-refractivity contribution in [1.29, 1.82) is 0 Å². The van der Waals surface area contributed by atoms with Crippen LogP contribution in [0.15, 0.2) is 72.4 Å². The van der Waals surface area contributed by atoms with Crippen molar-refractivity contribution in [2.24, 2.45) is 0 Å². The van der Waals surface area contributed by atoms with Crippen LogP contribution in [0.5, 0.6) is 0 Å². The standard InChI is InChI=1S/C20H18N2O4/c23-18(12-11-15-7-3-1-4-8-15)22-17(20(26)21-14-19(24)25)13-16-9-5-2-6-10-16/h1-13H,14H2,(H,21,26)(H,22,23)(H,24,25). The predicted octanol–water partition coefficient (Wildman–Crippen LogP) is 2.06. The summed E-state index contributed by atoms with van der Waals surface area (Å²) in [4.78, 5) is 34.9. The molecule has 0 aliphatic heterocycles. The van der Waals surface area contributed by atoms with Crippen LogP contribution in [-0.2, 0) is 14.4 Å². The molecule has 2 rings (SSSR count). The molecule has 6 nitrogen and oxygen atoms in total. The maximum absolute atomic E-state index is 12.2. The molecule has 3 N–H and O–H groups in total. The summed E-state index contributed by atoms with van der Waals surface area (Å²) in [7, 11) is 0. The quantitative estimate of drug-likeness (QED) is 0.666. The SMILES string of the molecule is O=C(O)CNC(=O)C(=Cc1ccccc1)NC(=O)C=Cc1ccccc1. The van der Waals surface area contributed by atoms with Gasteiger partial charge in [0.15, 0.2) is 0 Å². The average Bonchev–Trinajstić information content (AvgIpc) is 2.65. The molecular weight excluding hydrogens is 332 g/mol. The molecule has 0 unspecified atom stereocenters. The second-order valence-electron chi connectivity index (χ2n) is 5.28. The minimum atomic E-state index is -1.17. The van der Waals surface area contributed by atoms with Gasteiger partial charge in [0.05, 0.1) is 0 Å². The molecule has 0 aromatic heterocycles. The van der Waals surface area contributed by atoms with Crippen molar-refractivity contribution in [3.63, 3.8) is 0 Å². The van der Waals surface area contributed by atoms with Gasteiger partial charge in [-0.15, -0.1) is 0 Å². The Morgan fingerprint density at radius 3 is 2.04 bits per heavy atom. The van der Waals surface area contributed by atoms with E-state index in [0.717, 1.165) is 5.56 Å². The van der Waals surface area contributed by atoms with Crippen molar-refractivity contribution in [2.75, 3.05) is 6.54 Å². The molecule has 0 spiro atoms. The van der Waals surface area contributed by atoms with Gasteiger partial charge in [-0.2, -0.15) is 0 Å². The molecule has 0 aliphatic rings. The second-order valence-corrected chi connectivity index (χ2v) is 5.28. The third kappa shape index (κ3) is 6.45. The average molecular weight is 350 g/mol. The minimum absolute atomic E-state index is 0.0415. The summed E-state index contributed by atoms with van der Waals surface area (Å²) in [6.07, 6.45) is 4.40. The summed E-state index contributed by atoms with van der Waals surface area (Å²) < 4.78 is 0. The van der Waals surface area contributed by atoms with Gasteiger partial charge in [-0.25, -0.2) is 0 Å². The summed E-state index contributed by atoms with van der Waals surface area (Å²) in [5.41, 5.74) is 1.49. The van der Waals surface area contributed by atoms with E-state index in [9.17, 15) is 14.4 Å². The molecule has 2 aromatic rings. The molecule has 132 valence electrons. The van der Waals surface area contributed by atoms with Crippen LogP contribution in [0.2, 0.25) is 0 Å². The molecule has 0 heterocycles. The third-order valence-corrected chi connectivity index (χ3v) is 3.24. The molecule has 0 saturated carbocycles. The summed E-state index contributed by atoms with van der Waals surface area (Å²) in [6, 6.07) is 18.1. The van der Waals surface area contributed by atoms with E-state index in [1.54, 1.807) is 30.3 Å². The first-order chi connectivity index (χ1) is 12.5. The van der Waals surface area contributed by atoms with Crippen molar-refractivity contribution >= 4 is 29.9 Å². The van der Waals surface area contributed by atoms with Crippen molar-refractivity contribution in [3.8, 4) is 0 Å². The van der Waals surface area contributed by atoms with Gasteiger partial charge in [0.1, 0.15) is 12.2 Å². The van der Waals surface area contributed by atoms with Crippen molar-refractivity contribution in [1.82, 2.24) is 10.6 Å². The molecule has 0 aliphatic carbocycles. The van der Waals surface area contributed by atoms with Gasteiger partial charge in [-0.1, -0.05) is 60.7 Å². The number of benzene rings is 2. The molecule has 0 bridgehead atoms. The van der Waals surface area contributed by atoms with Gasteiger partial charge in [-0.05, 0) is 23.3 Å². The molecule has 0 fully saturated rings. The van der Waals surface area contributed by atoms with Crippen LogP contribution in [0.3, 0.4) is 0 Å². The van der Waals surface area contributed by atoms with E-state index < -0.39 is 24.3 Å². The Kier molecular flexibility index (Phi) is 6.88. The second kappa shape index (κ2) is 9.58. The van der Waals surface area contributed by atoms with E-state index in [2.05, 4.69) is 10.6 Å². The van der Waals surface area contributed by atoms with Crippen LogP contribution in [0.25, 0.3) is 12.2 Å². The predicted molar refractivity (Wildman–Crippen MR) is 98.7 cm³/mol. The lowest BCUT2D eigenvalue weighted by molar-refractivity contribution is -0.137. The zero-order chi connectivity index (χ0) is 18.8. The highest BCUT2D eigenvalue weighted by Gasteiger charge is 2.13. The van der Waals surface area contributed by atoms with Gasteiger partial charge in [-0.3, -0.25) is 14.4 Å². The molecule has 0 radical (unpaired) electrons. The number of carbonyl (C=O) groups is 3. The van der Waals surface area contributed by atoms with Crippen molar-refractivity contribution < 1.29 is 19.5 Å². The van der Waals surface area contributed by atoms with Crippen LogP contribution < -0.4 is 10.6 Å². The molecule has 2 aromatic carbocycles. The molecule has 2 amide bonds. The van der Waals surface area contributed by atoms with Gasteiger partial charge in [0, 0.05) is 6.08 Å². The fourth-order valence-electron chi connectivity index (χ4n) is 2.04. The van der Waals surface area contributed by atoms with Crippen molar-refractivity contribution in [2.45, 2.75) is 0 Å². The van der Waals surface area contributed by atoms with Gasteiger partial charge < -0.3 is 15.7 Å². The number of nitrogens with one attached hydrogen (secondary N) is 2. The highest BCUT2D eigenvalue weighted by atomic mass is 16.4. The molecule has 0 atom stereocenters. The van der Waals surface area contributed by atoms with Crippen LogP contribution in [-0.4, -0.2) is 29.4 Å². The topological polar surface area (TPSA) is 95.5 Å². The smallest absolute Gasteiger partial charge is 0.322 e. The van der Waals surface area contributed by atoms with E-state index in [4.69, 9.17) is 5.11 Å². The fraction of sp³-hybridized carbons (Fsp3) is 0.0500. The Labute approximate surface area is 150 Å². The lowest BCUT2D eigenvalue weighted by Crippen LogP contribution is -2.36. The first-order valence-corrected chi connectivity index (χ1v) is 7.85. The number of carboxylic acids is 1. The number of aliphatic carboxylic acids is 1. The van der Waals surface area contributed by atoms with Gasteiger partial charge in [0.2, 0.25) is 5.91 Å². The summed E-state index contributed by atoms with van der Waals surface area (Å²) in [5.74, 6) is -2.35. The van der Waals surface area contributed by atoms with Crippen LogP contribution in [0.1, 0.15) is 11.1 Å². The maximum Gasteiger partial charge on any atom is 0.322 e. The zero-order valence-corrected chi connectivity index (χ0v) is 13.9. The zero-order valence-electron chi connectivity index (χ0n) is 13.9. The summed E-state index contributed by atoms with van der Waals surface area (Å²) in [5, 5.41) is 13.4. The highest BCUT2D eigenvalue weighted by Crippen LogP contribution is 2.06. The van der Waals surface area contributed by atoms with Gasteiger partial charge in [0.25, 0.3) is 5.91 Å². The highest BCUT2D eigenvalue weighted by molar-refractivity contribution is 6.04. The van der Waals surface area contributed by atoms with E-state index >= 15 is 0 Å². The number of amides is 2. The Balaban J connectivity index is 2.14. The van der Waals surface area contributed by atoms with Crippen LogP contribution in [0, 0.1) is 0 Å². The molecule has 6 heteroatoms. The van der Waals surface area contributed by atoms with E-state index in [-0.39, 0.29) is 5.70 Å². The lowest BCUT2D eigenvalue weighted by atomic mass is 10.2. The van der Waals surface area contributed by atoms with E-state index in [1.165, 1.54) is 12.2 Å². The summed E-state index contributed by atoms with van der Waals surface area (Å²) in [6.45, 7) is -0.541. The molecule has 0 saturated heterocycles. The van der Waals surface area contributed by atoms with E-state index in [0.29, 0.717) is 5.56 Å². The third-order valence-electron chi connectivity index (χ3n) is 3.24. The molecule has 26 heavy (non-hydrogen) atoms. The Hall–Kier alpha value is -3.67. The Morgan fingerprint density at radius 2 is 1.46 bits per heavy atom. The lowest BCUT2D eigenvalue weighted by Gasteiger charge is -2.08. The first kappa shape index (κ1) is 18.7. The van der Waals surface area contributed by atoms with Crippen LogP contribution in [0.4, 0.5) is 0 Å². The van der Waals surface area contributed by atoms with Crippen molar-refractivity contribution in [3.05, 3.63) is 83.6 Å². The van der Waals surface area contributed by atoms with Gasteiger partial charge >= 0.3 is 5.97 Å². The monoisotopic (exact) mass is 350 g/mol. The minimum Gasteiger partial charge on any atom is -0.480 e. The normalized spacial score (nSPS) is 11.2. The maximum atomic E-state index is 12.2. The fourth-order valence-corrected chi connectivity index (χ4v) is 2.04. The number of carbonyl (C=O) groups excluding carboxylic acids is 2. The summed E-state index contributed by atoms with van der Waals surface area (Å²) >= 11 is 0.